The summed E-state index contributed by atoms with van der Waals surface area (Å²) in [4.78, 5) is 30.8. The van der Waals surface area contributed by atoms with Crippen LogP contribution in [-0.2, 0) is 16.0 Å². The Balaban J connectivity index is 1.83. The van der Waals surface area contributed by atoms with E-state index in [-0.39, 0.29) is 30.2 Å². The van der Waals surface area contributed by atoms with Crippen LogP contribution in [0.2, 0.25) is 0 Å². The van der Waals surface area contributed by atoms with Crippen LogP contribution < -0.4 is 10.6 Å². The molecule has 4 atom stereocenters. The lowest BCUT2D eigenvalue weighted by Gasteiger charge is -2.36. The van der Waals surface area contributed by atoms with Gasteiger partial charge in [-0.3, -0.25) is 9.59 Å². The number of carbonyl (C=O) groups excluding carboxylic acids is 2. The van der Waals surface area contributed by atoms with Crippen molar-refractivity contribution in [3.05, 3.63) is 35.8 Å². The highest BCUT2D eigenvalue weighted by atomic mass is 19.1. The van der Waals surface area contributed by atoms with Crippen molar-refractivity contribution < 1.29 is 19.1 Å². The van der Waals surface area contributed by atoms with Crippen LogP contribution in [0.15, 0.2) is 24.4 Å². The first-order valence-electron chi connectivity index (χ1n) is 10.7. The number of H-pyrrole nitrogens is 1. The molecule has 1 saturated heterocycles. The van der Waals surface area contributed by atoms with Gasteiger partial charge in [-0.05, 0) is 56.0 Å². The fourth-order valence-electron chi connectivity index (χ4n) is 4.15. The summed E-state index contributed by atoms with van der Waals surface area (Å²) >= 11 is 0. The molecule has 170 valence electrons. The van der Waals surface area contributed by atoms with Gasteiger partial charge in [0.2, 0.25) is 11.8 Å². The first-order chi connectivity index (χ1) is 14.5. The van der Waals surface area contributed by atoms with Gasteiger partial charge in [0.15, 0.2) is 0 Å². The number of aliphatic hydroxyl groups excluding tert-OH is 1. The van der Waals surface area contributed by atoms with Gasteiger partial charge < -0.3 is 25.6 Å². The number of benzene rings is 1. The Kier molecular flexibility index (Phi) is 6.71. The van der Waals surface area contributed by atoms with E-state index < -0.39 is 23.6 Å². The van der Waals surface area contributed by atoms with Gasteiger partial charge in [0.1, 0.15) is 11.9 Å². The molecule has 7 nitrogen and oxygen atoms in total. The van der Waals surface area contributed by atoms with Gasteiger partial charge in [0.25, 0.3) is 0 Å². The quantitative estimate of drug-likeness (QED) is 0.561. The molecule has 3 rings (SSSR count). The van der Waals surface area contributed by atoms with Crippen molar-refractivity contribution in [3.63, 3.8) is 0 Å². The predicted octanol–water partition coefficient (Wildman–Crippen LogP) is 1.95. The summed E-state index contributed by atoms with van der Waals surface area (Å²) in [6.07, 6.45) is 2.20. The molecular weight excluding hydrogens is 399 g/mol. The van der Waals surface area contributed by atoms with E-state index in [0.29, 0.717) is 18.4 Å². The average Bonchev–Trinajstić information content (AvgIpc) is 3.26. The lowest BCUT2D eigenvalue weighted by molar-refractivity contribution is -0.140. The van der Waals surface area contributed by atoms with E-state index in [1.54, 1.807) is 24.9 Å². The zero-order valence-electron chi connectivity index (χ0n) is 18.8. The molecule has 1 fully saturated rings. The highest BCUT2D eigenvalue weighted by Crippen LogP contribution is 2.29. The normalized spacial score (nSPS) is 21.3. The maximum absolute atomic E-state index is 13.6. The number of halogens is 1. The summed E-state index contributed by atoms with van der Waals surface area (Å²) in [5, 5.41) is 17.0. The molecule has 0 bridgehead atoms. The Bertz CT molecular complexity index is 952. The molecular formula is C23H33FN4O3. The van der Waals surface area contributed by atoms with Gasteiger partial charge in [-0.25, -0.2) is 4.39 Å². The molecule has 2 aromatic rings. The van der Waals surface area contributed by atoms with E-state index in [9.17, 15) is 19.1 Å². The van der Waals surface area contributed by atoms with Gasteiger partial charge >= 0.3 is 0 Å². The zero-order valence-corrected chi connectivity index (χ0v) is 18.8. The third-order valence-corrected chi connectivity index (χ3v) is 6.09. The fourth-order valence-corrected chi connectivity index (χ4v) is 4.15. The number of likely N-dealkylation sites (tertiary alicyclic amines) is 1. The number of rotatable bonds is 6. The molecule has 1 aromatic heterocycles. The second-order valence-corrected chi connectivity index (χ2v) is 9.56. The molecule has 1 unspecified atom stereocenters. The van der Waals surface area contributed by atoms with Crippen molar-refractivity contribution in [1.29, 1.82) is 0 Å². The monoisotopic (exact) mass is 432 g/mol. The molecule has 0 saturated carbocycles. The molecule has 1 aliphatic rings. The van der Waals surface area contributed by atoms with Crippen LogP contribution in [0.1, 0.15) is 39.7 Å². The van der Waals surface area contributed by atoms with Crippen LogP contribution in [0.3, 0.4) is 0 Å². The number of likely N-dealkylation sites (N-methyl/N-ethyl adjacent to an activating group) is 1. The first kappa shape index (κ1) is 23.2. The number of nitrogens with zero attached hydrogens (tertiary/aromatic N) is 1. The van der Waals surface area contributed by atoms with Crippen LogP contribution >= 0.6 is 0 Å². The Morgan fingerprint density at radius 3 is 2.71 bits per heavy atom. The number of aromatic amines is 1. The Hall–Kier alpha value is -2.45. The predicted molar refractivity (Wildman–Crippen MR) is 118 cm³/mol. The minimum Gasteiger partial charge on any atom is -0.391 e. The minimum absolute atomic E-state index is 0.198. The summed E-state index contributed by atoms with van der Waals surface area (Å²) in [6, 6.07) is 3.23. The lowest BCUT2D eigenvalue weighted by atomic mass is 9.85. The van der Waals surface area contributed by atoms with E-state index in [1.807, 2.05) is 27.0 Å². The average molecular weight is 433 g/mol. The number of aromatic nitrogens is 1. The van der Waals surface area contributed by atoms with Crippen molar-refractivity contribution in [2.45, 2.75) is 64.8 Å². The maximum Gasteiger partial charge on any atom is 0.246 e. The summed E-state index contributed by atoms with van der Waals surface area (Å²) in [5.74, 6) is -0.754. The first-order valence-corrected chi connectivity index (χ1v) is 10.7. The molecule has 0 aliphatic carbocycles. The van der Waals surface area contributed by atoms with E-state index in [4.69, 9.17) is 0 Å². The van der Waals surface area contributed by atoms with Gasteiger partial charge in [-0.15, -0.1) is 0 Å². The highest BCUT2D eigenvalue weighted by molar-refractivity contribution is 5.90. The van der Waals surface area contributed by atoms with E-state index in [2.05, 4.69) is 15.6 Å². The zero-order chi connectivity index (χ0) is 22.9. The van der Waals surface area contributed by atoms with Crippen LogP contribution in [0, 0.1) is 11.2 Å². The summed E-state index contributed by atoms with van der Waals surface area (Å²) in [7, 11) is 1.69. The molecule has 0 radical (unpaired) electrons. The minimum atomic E-state index is -0.722. The maximum atomic E-state index is 13.6. The van der Waals surface area contributed by atoms with Gasteiger partial charge in [-0.2, -0.15) is 0 Å². The topological polar surface area (TPSA) is 97.5 Å². The van der Waals surface area contributed by atoms with Crippen LogP contribution in [0.25, 0.3) is 10.9 Å². The standard InChI is InChI=1S/C23H33FN4O3/c1-13(25-5)21(30)27-20(23(2,3)4)22(31)28-12-17(29)10-16(28)8-14-11-26-19-9-15(24)6-7-18(14)19/h6-7,9,11,13,16-17,20,25-26,29H,8,10,12H2,1-5H3,(H,27,30)/t13-,16-,17?,20+/m0/s1. The SMILES string of the molecule is CN[C@@H](C)C(=O)N[C@H](C(=O)N1CC(O)C[C@@H]1Cc1c[nH]c2cc(F)ccc12)C(C)(C)C. The number of carbonyl (C=O) groups is 2. The third-order valence-electron chi connectivity index (χ3n) is 6.09. The smallest absolute Gasteiger partial charge is 0.246 e. The summed E-state index contributed by atoms with van der Waals surface area (Å²) in [6.45, 7) is 7.70. The number of hydrogen-bond acceptors (Lipinski definition) is 4. The molecule has 0 spiro atoms. The van der Waals surface area contributed by atoms with E-state index in [0.717, 1.165) is 10.9 Å². The van der Waals surface area contributed by atoms with Crippen molar-refractivity contribution in [3.8, 4) is 0 Å². The lowest BCUT2D eigenvalue weighted by Crippen LogP contribution is -2.58. The van der Waals surface area contributed by atoms with Crippen LogP contribution in [-0.4, -0.2) is 64.6 Å². The molecule has 4 N–H and O–H groups in total. The van der Waals surface area contributed by atoms with Crippen molar-refractivity contribution in [2.24, 2.45) is 5.41 Å². The van der Waals surface area contributed by atoms with Gasteiger partial charge in [0.05, 0.1) is 12.1 Å². The second-order valence-electron chi connectivity index (χ2n) is 9.56. The Labute approximate surface area is 182 Å². The number of fused-ring (bicyclic) bond motifs is 1. The summed E-state index contributed by atoms with van der Waals surface area (Å²) in [5.41, 5.74) is 1.16. The Morgan fingerprint density at radius 1 is 1.35 bits per heavy atom. The second kappa shape index (κ2) is 8.96. The van der Waals surface area contributed by atoms with Crippen molar-refractivity contribution in [2.75, 3.05) is 13.6 Å². The summed E-state index contributed by atoms with van der Waals surface area (Å²) < 4.78 is 13.5. The molecule has 1 aromatic carbocycles. The number of nitrogens with one attached hydrogen (secondary N) is 3. The number of amides is 2. The molecule has 2 amide bonds. The largest absolute Gasteiger partial charge is 0.391 e. The fraction of sp³-hybridized carbons (Fsp3) is 0.565. The Morgan fingerprint density at radius 2 is 2.06 bits per heavy atom. The third kappa shape index (κ3) is 5.07. The molecule has 31 heavy (non-hydrogen) atoms. The molecule has 2 heterocycles. The highest BCUT2D eigenvalue weighted by Gasteiger charge is 2.42. The number of β-amino-alcohol motifs (C(OH)–C–C–N with tert-alkyl or cyclic N) is 1. The van der Waals surface area contributed by atoms with Crippen molar-refractivity contribution in [1.82, 2.24) is 20.5 Å². The van der Waals surface area contributed by atoms with E-state index >= 15 is 0 Å². The number of hydrogen-bond donors (Lipinski definition) is 4. The van der Waals surface area contributed by atoms with E-state index in [1.165, 1.54) is 12.1 Å². The number of aliphatic hydroxyl groups is 1. The molecule has 8 heteroatoms. The van der Waals surface area contributed by atoms with Gasteiger partial charge in [-0.1, -0.05) is 20.8 Å². The van der Waals surface area contributed by atoms with Crippen molar-refractivity contribution >= 4 is 22.7 Å². The van der Waals surface area contributed by atoms with Gasteiger partial charge in [0, 0.05) is 29.7 Å². The molecule has 1 aliphatic heterocycles. The van der Waals surface area contributed by atoms with Crippen LogP contribution in [0.4, 0.5) is 4.39 Å². The van der Waals surface area contributed by atoms with Crippen LogP contribution in [0.5, 0.6) is 0 Å².